The fourth-order valence-electron chi connectivity index (χ4n) is 4.43. The molecule has 0 saturated heterocycles. The molecule has 0 saturated carbocycles. The highest BCUT2D eigenvalue weighted by Crippen LogP contribution is 2.41. The van der Waals surface area contributed by atoms with E-state index in [0.29, 0.717) is 18.8 Å². The number of rotatable bonds is 5. The van der Waals surface area contributed by atoms with Crippen molar-refractivity contribution < 1.29 is 9.53 Å². The summed E-state index contributed by atoms with van der Waals surface area (Å²) in [5.74, 6) is 0.806. The second-order valence-electron chi connectivity index (χ2n) is 8.11. The molecule has 0 spiro atoms. The molecule has 0 amide bonds. The summed E-state index contributed by atoms with van der Waals surface area (Å²) in [6.07, 6.45) is 2.83. The Morgan fingerprint density at radius 1 is 1.16 bits per heavy atom. The Morgan fingerprint density at radius 3 is 2.66 bits per heavy atom. The summed E-state index contributed by atoms with van der Waals surface area (Å²) in [5, 5.41) is 0.861. The van der Waals surface area contributed by atoms with Crippen LogP contribution in [0.1, 0.15) is 28.6 Å². The number of carbonyl (C=O) groups excluding carboxylic acids is 1. The summed E-state index contributed by atoms with van der Waals surface area (Å²) in [5.41, 5.74) is 13.8. The summed E-state index contributed by atoms with van der Waals surface area (Å²) in [4.78, 5) is 23.7. The van der Waals surface area contributed by atoms with Crippen LogP contribution in [0.5, 0.6) is 5.75 Å². The lowest BCUT2D eigenvalue weighted by atomic mass is 9.98. The molecule has 160 valence electrons. The number of aldehydes is 1. The van der Waals surface area contributed by atoms with Crippen LogP contribution in [0, 0.1) is 6.92 Å². The minimum Gasteiger partial charge on any atom is -0.497 e. The maximum Gasteiger partial charge on any atom is 0.141 e. The molecule has 4 aromatic rings. The Balaban J connectivity index is 1.57. The van der Waals surface area contributed by atoms with Crippen LogP contribution in [0.25, 0.3) is 22.0 Å². The fraction of sp³-hybridized carbons (Fsp3) is 0.192. The minimum absolute atomic E-state index is 0.423. The quantitative estimate of drug-likeness (QED) is 0.477. The van der Waals surface area contributed by atoms with Crippen molar-refractivity contribution in [3.63, 3.8) is 0 Å². The Hall–Kier alpha value is -3.77. The third-order valence-electron chi connectivity index (χ3n) is 6.11. The van der Waals surface area contributed by atoms with Crippen LogP contribution in [-0.4, -0.2) is 28.3 Å². The number of carbonyl (C=O) groups is 1. The van der Waals surface area contributed by atoms with Crippen molar-refractivity contribution >= 4 is 22.9 Å². The monoisotopic (exact) mass is 424 g/mol. The van der Waals surface area contributed by atoms with Crippen LogP contribution in [0.15, 0.2) is 60.8 Å². The molecular formula is C26H24N4O2. The van der Waals surface area contributed by atoms with Gasteiger partial charge in [0.25, 0.3) is 0 Å². The Bertz CT molecular complexity index is 1300. The Morgan fingerprint density at radius 2 is 1.97 bits per heavy atom. The summed E-state index contributed by atoms with van der Waals surface area (Å²) >= 11 is 0. The van der Waals surface area contributed by atoms with E-state index in [9.17, 15) is 4.79 Å². The molecule has 2 aromatic carbocycles. The van der Waals surface area contributed by atoms with Gasteiger partial charge in [0.1, 0.15) is 12.0 Å². The van der Waals surface area contributed by atoms with Crippen molar-refractivity contribution in [2.75, 3.05) is 12.8 Å². The number of methoxy groups -OCH3 is 1. The lowest BCUT2D eigenvalue weighted by Gasteiger charge is -2.21. The molecule has 6 nitrogen and oxygen atoms in total. The molecule has 6 heteroatoms. The normalized spacial score (nSPS) is 15.6. The van der Waals surface area contributed by atoms with Crippen LogP contribution in [0.2, 0.25) is 0 Å². The van der Waals surface area contributed by atoms with Gasteiger partial charge in [0.05, 0.1) is 24.4 Å². The lowest BCUT2D eigenvalue weighted by Crippen LogP contribution is -2.23. The van der Waals surface area contributed by atoms with Crippen molar-refractivity contribution in [2.45, 2.75) is 26.1 Å². The van der Waals surface area contributed by atoms with E-state index in [1.807, 2.05) is 67.7 Å². The van der Waals surface area contributed by atoms with Gasteiger partial charge in [-0.3, -0.25) is 14.9 Å². The maximum absolute atomic E-state index is 12.1. The zero-order valence-electron chi connectivity index (χ0n) is 18.1. The number of hydrogen-bond acceptors (Lipinski definition) is 6. The average molecular weight is 425 g/mol. The zero-order valence-corrected chi connectivity index (χ0v) is 18.1. The number of ether oxygens (including phenoxy) is 1. The van der Waals surface area contributed by atoms with Gasteiger partial charge in [0.2, 0.25) is 0 Å². The Labute approximate surface area is 186 Å². The highest BCUT2D eigenvalue weighted by molar-refractivity contribution is 6.01. The van der Waals surface area contributed by atoms with Crippen LogP contribution in [0.4, 0.5) is 5.69 Å². The number of anilines is 1. The molecule has 1 atom stereocenters. The van der Waals surface area contributed by atoms with E-state index in [2.05, 4.69) is 9.88 Å². The third kappa shape index (κ3) is 3.39. The van der Waals surface area contributed by atoms with E-state index in [0.717, 1.165) is 56.6 Å². The average Bonchev–Trinajstić information content (AvgIpc) is 3.17. The van der Waals surface area contributed by atoms with Crippen molar-refractivity contribution in [3.05, 3.63) is 83.3 Å². The predicted molar refractivity (Wildman–Crippen MR) is 125 cm³/mol. The first-order valence-electron chi connectivity index (χ1n) is 10.6. The van der Waals surface area contributed by atoms with Crippen LogP contribution in [-0.2, 0) is 17.9 Å². The summed E-state index contributed by atoms with van der Waals surface area (Å²) in [6, 6.07) is 17.5. The van der Waals surface area contributed by atoms with Crippen molar-refractivity contribution in [3.8, 4) is 16.9 Å². The van der Waals surface area contributed by atoms with Gasteiger partial charge in [-0.15, -0.1) is 0 Å². The molecule has 1 unspecified atom stereocenters. The van der Waals surface area contributed by atoms with Crippen LogP contribution < -0.4 is 10.5 Å². The Kier molecular flexibility index (Phi) is 5.07. The molecule has 0 bridgehead atoms. The standard InChI is InChI=1S/C26H24N4O2/c1-16-6-9-18(12-28-16)20-4-3-5-21-25(27)24-22(29-26(20)21)14-30(23(24)15-31)13-17-7-10-19(32-2)11-8-17/h3-12,15,23H,13-14H2,1-2H3,(H2,27,29). The smallest absolute Gasteiger partial charge is 0.141 e. The van der Waals surface area contributed by atoms with Gasteiger partial charge in [0.15, 0.2) is 0 Å². The molecule has 0 fully saturated rings. The lowest BCUT2D eigenvalue weighted by molar-refractivity contribution is -0.112. The first kappa shape index (κ1) is 20.2. The van der Waals surface area contributed by atoms with Crippen molar-refractivity contribution in [2.24, 2.45) is 0 Å². The van der Waals surface area contributed by atoms with Gasteiger partial charge in [-0.05, 0) is 30.7 Å². The number of nitrogens with zero attached hydrogens (tertiary/aromatic N) is 3. The van der Waals surface area contributed by atoms with Crippen molar-refractivity contribution in [1.82, 2.24) is 14.9 Å². The predicted octanol–water partition coefficient (Wildman–Crippen LogP) is 4.45. The number of para-hydroxylation sites is 1. The number of fused-ring (bicyclic) bond motifs is 2. The van der Waals surface area contributed by atoms with Crippen LogP contribution in [0.3, 0.4) is 0 Å². The van der Waals surface area contributed by atoms with Gasteiger partial charge in [-0.2, -0.15) is 0 Å². The van der Waals surface area contributed by atoms with Gasteiger partial charge in [-0.1, -0.05) is 36.4 Å². The summed E-state index contributed by atoms with van der Waals surface area (Å²) in [6.45, 7) is 3.15. The van der Waals surface area contributed by atoms with E-state index < -0.39 is 6.04 Å². The first-order valence-corrected chi connectivity index (χ1v) is 10.6. The summed E-state index contributed by atoms with van der Waals surface area (Å²) < 4.78 is 5.25. The van der Waals surface area contributed by atoms with Crippen LogP contribution >= 0.6 is 0 Å². The van der Waals surface area contributed by atoms with E-state index in [-0.39, 0.29) is 0 Å². The first-order chi connectivity index (χ1) is 15.6. The molecular weight excluding hydrogens is 400 g/mol. The van der Waals surface area contributed by atoms with Gasteiger partial charge >= 0.3 is 0 Å². The van der Waals surface area contributed by atoms with Gasteiger partial charge < -0.3 is 15.3 Å². The minimum atomic E-state index is -0.423. The van der Waals surface area contributed by atoms with Gasteiger partial charge in [-0.25, -0.2) is 0 Å². The van der Waals surface area contributed by atoms with Gasteiger partial charge in [0, 0.05) is 52.7 Å². The number of hydrogen-bond donors (Lipinski definition) is 1. The molecule has 2 aromatic heterocycles. The maximum atomic E-state index is 12.1. The topological polar surface area (TPSA) is 81.3 Å². The van der Waals surface area contributed by atoms with Crippen molar-refractivity contribution in [1.29, 1.82) is 0 Å². The van der Waals surface area contributed by atoms with E-state index in [1.54, 1.807) is 7.11 Å². The number of aryl methyl sites for hydroxylation is 1. The number of nitrogen functional groups attached to an aromatic ring is 1. The molecule has 0 radical (unpaired) electrons. The second kappa shape index (κ2) is 8.05. The molecule has 2 N–H and O–H groups in total. The highest BCUT2D eigenvalue weighted by atomic mass is 16.5. The van der Waals surface area contributed by atoms with E-state index >= 15 is 0 Å². The highest BCUT2D eigenvalue weighted by Gasteiger charge is 2.34. The number of aromatic nitrogens is 2. The fourth-order valence-corrected chi connectivity index (χ4v) is 4.43. The molecule has 1 aliphatic rings. The number of pyridine rings is 2. The summed E-state index contributed by atoms with van der Waals surface area (Å²) in [7, 11) is 1.65. The third-order valence-corrected chi connectivity index (χ3v) is 6.11. The second-order valence-corrected chi connectivity index (χ2v) is 8.11. The molecule has 3 heterocycles. The van der Waals surface area contributed by atoms with E-state index in [1.165, 1.54) is 0 Å². The zero-order chi connectivity index (χ0) is 22.2. The molecule has 5 rings (SSSR count). The number of benzene rings is 2. The largest absolute Gasteiger partial charge is 0.497 e. The molecule has 32 heavy (non-hydrogen) atoms. The van der Waals surface area contributed by atoms with E-state index in [4.69, 9.17) is 15.5 Å². The number of nitrogens with two attached hydrogens (primary N) is 1. The molecule has 0 aliphatic carbocycles. The SMILES string of the molecule is COc1ccc(CN2Cc3nc4c(-c5ccc(C)nc5)cccc4c(N)c3C2C=O)cc1. The molecule has 1 aliphatic heterocycles.